The minimum absolute atomic E-state index is 0.0258. The molecule has 2 aromatic rings. The van der Waals surface area contributed by atoms with Crippen molar-refractivity contribution in [2.24, 2.45) is 16.8 Å². The van der Waals surface area contributed by atoms with E-state index in [0.717, 1.165) is 18.4 Å². The molecule has 0 heterocycles. The Morgan fingerprint density at radius 3 is 2.36 bits per heavy atom. The largest absolute Gasteiger partial charge is 0.480 e. The molecular formula is C25H31NO2. The molecule has 1 aliphatic rings. The lowest BCUT2D eigenvalue weighted by Gasteiger charge is -2.44. The maximum Gasteiger partial charge on any atom is 0.296 e. The number of rotatable bonds is 6. The highest BCUT2D eigenvalue weighted by molar-refractivity contribution is 5.79. The predicted molar refractivity (Wildman–Crippen MR) is 116 cm³/mol. The second-order valence-corrected chi connectivity index (χ2v) is 8.42. The van der Waals surface area contributed by atoms with Crippen molar-refractivity contribution in [3.05, 3.63) is 83.9 Å². The summed E-state index contributed by atoms with van der Waals surface area (Å²) in [6.07, 6.45) is 6.32. The summed E-state index contributed by atoms with van der Waals surface area (Å²) in [6, 6.07) is 20.4. The van der Waals surface area contributed by atoms with Gasteiger partial charge in [0.05, 0.1) is 0 Å². The first-order chi connectivity index (χ1) is 13.5. The summed E-state index contributed by atoms with van der Waals surface area (Å²) in [6.45, 7) is 6.83. The third-order valence-corrected chi connectivity index (χ3v) is 5.98. The molecule has 28 heavy (non-hydrogen) atoms. The van der Waals surface area contributed by atoms with Gasteiger partial charge in [0.1, 0.15) is 12.3 Å². The van der Waals surface area contributed by atoms with Crippen LogP contribution in [0.1, 0.15) is 51.2 Å². The van der Waals surface area contributed by atoms with Crippen molar-refractivity contribution in [1.82, 2.24) is 0 Å². The lowest BCUT2D eigenvalue weighted by molar-refractivity contribution is -0.0511. The van der Waals surface area contributed by atoms with Gasteiger partial charge in [-0.05, 0) is 35.3 Å². The Morgan fingerprint density at radius 2 is 1.68 bits per heavy atom. The van der Waals surface area contributed by atoms with Crippen LogP contribution in [-0.2, 0) is 10.2 Å². The summed E-state index contributed by atoms with van der Waals surface area (Å²) < 4.78 is 6.02. The van der Waals surface area contributed by atoms with E-state index in [4.69, 9.17) is 4.74 Å². The average molecular weight is 378 g/mol. The Labute approximate surface area is 168 Å². The second kappa shape index (κ2) is 9.09. The summed E-state index contributed by atoms with van der Waals surface area (Å²) in [5.41, 5.74) is 2.27. The molecule has 148 valence electrons. The molecule has 0 aromatic heterocycles. The van der Waals surface area contributed by atoms with Gasteiger partial charge in [0.15, 0.2) is 0 Å². The van der Waals surface area contributed by atoms with E-state index in [1.165, 1.54) is 18.2 Å². The summed E-state index contributed by atoms with van der Waals surface area (Å²) in [5, 5.41) is 10.3. The average Bonchev–Trinajstić information content (AvgIpc) is 2.69. The van der Waals surface area contributed by atoms with Gasteiger partial charge in [0.2, 0.25) is 0 Å². The van der Waals surface area contributed by atoms with Gasteiger partial charge in [-0.25, -0.2) is 0 Å². The van der Waals surface area contributed by atoms with Crippen molar-refractivity contribution < 1.29 is 9.84 Å². The molecule has 3 heteroatoms. The molecule has 1 fully saturated rings. The van der Waals surface area contributed by atoms with E-state index in [1.54, 1.807) is 6.21 Å². The molecule has 0 radical (unpaired) electrons. The molecule has 0 amide bonds. The monoisotopic (exact) mass is 377 g/mol. The summed E-state index contributed by atoms with van der Waals surface area (Å²) in [5.74, 6) is 0.813. The highest BCUT2D eigenvalue weighted by atomic mass is 16.6. The van der Waals surface area contributed by atoms with Crippen LogP contribution in [0.5, 0.6) is 0 Å². The number of ether oxygens (including phenoxy) is 1. The Bertz CT molecular complexity index is 796. The van der Waals surface area contributed by atoms with Crippen LogP contribution in [0.25, 0.3) is 0 Å². The van der Waals surface area contributed by atoms with Crippen LogP contribution in [0.4, 0.5) is 0 Å². The zero-order chi connectivity index (χ0) is 20.0. The van der Waals surface area contributed by atoms with Crippen molar-refractivity contribution in [2.75, 3.05) is 0 Å². The van der Waals surface area contributed by atoms with Gasteiger partial charge in [0.25, 0.3) is 5.95 Å². The summed E-state index contributed by atoms with van der Waals surface area (Å²) in [4.78, 5) is 4.21. The number of benzene rings is 2. The molecule has 1 saturated carbocycles. The van der Waals surface area contributed by atoms with Crippen molar-refractivity contribution in [3.8, 4) is 0 Å². The molecule has 3 atom stereocenters. The van der Waals surface area contributed by atoms with Crippen LogP contribution >= 0.6 is 0 Å². The minimum Gasteiger partial charge on any atom is -0.480 e. The first kappa shape index (κ1) is 20.2. The van der Waals surface area contributed by atoms with Gasteiger partial charge in [0, 0.05) is 12.1 Å². The van der Waals surface area contributed by atoms with E-state index < -0.39 is 0 Å². The van der Waals surface area contributed by atoms with E-state index in [2.05, 4.69) is 56.1 Å². The van der Waals surface area contributed by atoms with Crippen LogP contribution < -0.4 is 0 Å². The fourth-order valence-corrected chi connectivity index (χ4v) is 4.28. The maximum atomic E-state index is 10.3. The predicted octanol–water partition coefficient (Wildman–Crippen LogP) is 6.26. The number of hydrogen-bond acceptors (Lipinski definition) is 3. The molecule has 3 nitrogen and oxygen atoms in total. The van der Waals surface area contributed by atoms with Gasteiger partial charge >= 0.3 is 0 Å². The SMILES string of the molecule is C[C@@H]1CC[C@@H](C(C)(C)c2ccccc2)[C@H](O/C(O)=C/N=Cc2ccccc2)C1. The molecule has 0 bridgehead atoms. The fourth-order valence-electron chi connectivity index (χ4n) is 4.28. The summed E-state index contributed by atoms with van der Waals surface area (Å²) >= 11 is 0. The summed E-state index contributed by atoms with van der Waals surface area (Å²) in [7, 11) is 0. The molecule has 2 aromatic carbocycles. The van der Waals surface area contributed by atoms with Crippen LogP contribution in [0, 0.1) is 11.8 Å². The lowest BCUT2D eigenvalue weighted by atomic mass is 9.64. The Morgan fingerprint density at radius 1 is 1.04 bits per heavy atom. The number of hydrogen-bond donors (Lipinski definition) is 1. The number of aliphatic imine (C=N–C) groups is 1. The van der Waals surface area contributed by atoms with Gasteiger partial charge < -0.3 is 9.84 Å². The quantitative estimate of drug-likeness (QED) is 0.477. The highest BCUT2D eigenvalue weighted by Gasteiger charge is 2.41. The van der Waals surface area contributed by atoms with E-state index in [1.807, 2.05) is 30.3 Å². The number of nitrogens with zero attached hydrogens (tertiary/aromatic N) is 1. The maximum absolute atomic E-state index is 10.3. The zero-order valence-corrected chi connectivity index (χ0v) is 17.1. The normalized spacial score (nSPS) is 23.7. The van der Waals surface area contributed by atoms with E-state index in [9.17, 15) is 5.11 Å². The second-order valence-electron chi connectivity index (χ2n) is 8.42. The van der Waals surface area contributed by atoms with Crippen molar-refractivity contribution in [1.29, 1.82) is 0 Å². The molecule has 0 unspecified atom stereocenters. The first-order valence-corrected chi connectivity index (χ1v) is 10.2. The zero-order valence-electron chi connectivity index (χ0n) is 17.1. The fraction of sp³-hybridized carbons (Fsp3) is 0.400. The van der Waals surface area contributed by atoms with Gasteiger partial charge in [-0.15, -0.1) is 0 Å². The van der Waals surface area contributed by atoms with E-state index in [-0.39, 0.29) is 17.5 Å². The smallest absolute Gasteiger partial charge is 0.296 e. The third kappa shape index (κ3) is 5.03. The van der Waals surface area contributed by atoms with Crippen molar-refractivity contribution in [2.45, 2.75) is 51.6 Å². The Hall–Kier alpha value is -2.55. The van der Waals surface area contributed by atoms with E-state index in [0.29, 0.717) is 11.8 Å². The molecule has 3 rings (SSSR count). The van der Waals surface area contributed by atoms with Gasteiger partial charge in [-0.3, -0.25) is 4.99 Å². The Kier molecular flexibility index (Phi) is 6.56. The van der Waals surface area contributed by atoms with Crippen molar-refractivity contribution in [3.63, 3.8) is 0 Å². The molecule has 1 aliphatic carbocycles. The minimum atomic E-state index is -0.111. The highest BCUT2D eigenvalue weighted by Crippen LogP contribution is 2.44. The molecule has 0 spiro atoms. The molecular weight excluding hydrogens is 346 g/mol. The molecule has 1 N–H and O–H groups in total. The Balaban J connectivity index is 1.73. The van der Waals surface area contributed by atoms with Crippen LogP contribution in [0.15, 0.2) is 77.8 Å². The van der Waals surface area contributed by atoms with Crippen LogP contribution in [0.2, 0.25) is 0 Å². The van der Waals surface area contributed by atoms with Crippen molar-refractivity contribution >= 4 is 6.21 Å². The topological polar surface area (TPSA) is 41.8 Å². The third-order valence-electron chi connectivity index (χ3n) is 5.98. The van der Waals surface area contributed by atoms with Gasteiger partial charge in [-0.2, -0.15) is 0 Å². The molecule has 0 saturated heterocycles. The van der Waals surface area contributed by atoms with Gasteiger partial charge in [-0.1, -0.05) is 87.9 Å². The number of aliphatic hydroxyl groups excluding tert-OH is 1. The van der Waals surface area contributed by atoms with E-state index >= 15 is 0 Å². The number of aliphatic hydroxyl groups is 1. The first-order valence-electron chi connectivity index (χ1n) is 10.2. The van der Waals surface area contributed by atoms with Crippen LogP contribution in [0.3, 0.4) is 0 Å². The standard InChI is InChI=1S/C25H31NO2/c1-19-14-15-22(25(2,3)21-12-8-5-9-13-21)23(16-19)28-24(27)18-26-17-20-10-6-4-7-11-20/h4-13,17-19,22-23,27H,14-16H2,1-3H3/b24-18+,26-17?/t19-,22-,23-/m1/s1. The van der Waals surface area contributed by atoms with Crippen LogP contribution in [-0.4, -0.2) is 17.4 Å². The lowest BCUT2D eigenvalue weighted by Crippen LogP contribution is -2.42. The molecule has 0 aliphatic heterocycles.